The second kappa shape index (κ2) is 7.36. The molecular formula is C22H25FN3O2+. The first-order valence-corrected chi connectivity index (χ1v) is 9.82. The van der Waals surface area contributed by atoms with E-state index in [1.54, 1.807) is 12.1 Å². The predicted molar refractivity (Wildman–Crippen MR) is 103 cm³/mol. The number of halogens is 1. The summed E-state index contributed by atoms with van der Waals surface area (Å²) >= 11 is 0. The van der Waals surface area contributed by atoms with Crippen LogP contribution in [0, 0.1) is 5.82 Å². The molecule has 0 spiro atoms. The third-order valence-corrected chi connectivity index (χ3v) is 5.83. The lowest BCUT2D eigenvalue weighted by Crippen LogP contribution is -3.13. The van der Waals surface area contributed by atoms with Gasteiger partial charge in [-0.05, 0) is 24.1 Å². The Hall–Kier alpha value is -2.73. The van der Waals surface area contributed by atoms with Crippen molar-refractivity contribution >= 4 is 11.9 Å². The van der Waals surface area contributed by atoms with Crippen LogP contribution in [-0.2, 0) is 16.9 Å². The van der Waals surface area contributed by atoms with Gasteiger partial charge in [-0.15, -0.1) is 0 Å². The van der Waals surface area contributed by atoms with Crippen molar-refractivity contribution in [2.45, 2.75) is 44.3 Å². The fraction of sp³-hybridized carbons (Fsp3) is 0.364. The lowest BCUT2D eigenvalue weighted by molar-refractivity contribution is -0.931. The van der Waals surface area contributed by atoms with E-state index in [0.29, 0.717) is 25.7 Å². The second-order valence-electron chi connectivity index (χ2n) is 7.68. The van der Waals surface area contributed by atoms with E-state index in [-0.39, 0.29) is 17.8 Å². The highest BCUT2D eigenvalue weighted by Gasteiger charge is 2.53. The van der Waals surface area contributed by atoms with Crippen LogP contribution in [0.3, 0.4) is 0 Å². The van der Waals surface area contributed by atoms with Crippen molar-refractivity contribution in [3.05, 3.63) is 71.5 Å². The molecule has 1 aliphatic carbocycles. The summed E-state index contributed by atoms with van der Waals surface area (Å²) < 4.78 is 13.2. The Labute approximate surface area is 164 Å². The minimum Gasteiger partial charge on any atom is -0.319 e. The molecule has 2 atom stereocenters. The molecule has 3 amide bonds. The van der Waals surface area contributed by atoms with E-state index >= 15 is 0 Å². The van der Waals surface area contributed by atoms with Crippen LogP contribution in [0.5, 0.6) is 0 Å². The molecule has 2 aromatic carbocycles. The summed E-state index contributed by atoms with van der Waals surface area (Å²) in [6.07, 6.45) is 2.66. The largest absolute Gasteiger partial charge is 0.329 e. The zero-order valence-electron chi connectivity index (χ0n) is 16.0. The molecule has 0 radical (unpaired) electrons. The Morgan fingerprint density at radius 1 is 1.11 bits per heavy atom. The SMILES string of the molecule is CC[C@]1(c2ccccc2)NC(=O)N(C[NH+](Cc2ccc(F)cc2)C2CC2)C1=O. The van der Waals surface area contributed by atoms with Crippen LogP contribution >= 0.6 is 0 Å². The molecule has 28 heavy (non-hydrogen) atoms. The van der Waals surface area contributed by atoms with Crippen LogP contribution in [0.1, 0.15) is 37.3 Å². The van der Waals surface area contributed by atoms with Gasteiger partial charge in [0, 0.05) is 18.4 Å². The van der Waals surface area contributed by atoms with E-state index in [9.17, 15) is 14.0 Å². The van der Waals surface area contributed by atoms with E-state index in [4.69, 9.17) is 0 Å². The molecule has 1 saturated carbocycles. The molecule has 4 rings (SSSR count). The van der Waals surface area contributed by atoms with Gasteiger partial charge in [0.2, 0.25) is 0 Å². The first-order chi connectivity index (χ1) is 13.5. The molecule has 1 unspecified atom stereocenters. The van der Waals surface area contributed by atoms with Gasteiger partial charge in [0.1, 0.15) is 17.9 Å². The number of amides is 3. The molecule has 2 aliphatic rings. The standard InChI is InChI=1S/C22H24FN3O2/c1-2-22(17-6-4-3-5-7-17)20(27)26(21(28)24-22)15-25(19-12-13-19)14-16-8-10-18(23)11-9-16/h3-11,19H,2,12-15H2,1H3,(H,24,28)/p+1/t22-/m1/s1. The summed E-state index contributed by atoms with van der Waals surface area (Å²) in [4.78, 5) is 28.6. The Kier molecular flexibility index (Phi) is 4.89. The maximum absolute atomic E-state index is 13.3. The Bertz CT molecular complexity index is 867. The first-order valence-electron chi connectivity index (χ1n) is 9.82. The molecule has 2 aromatic rings. The molecule has 0 aromatic heterocycles. The monoisotopic (exact) mass is 382 g/mol. The highest BCUT2D eigenvalue weighted by molar-refractivity contribution is 6.07. The van der Waals surface area contributed by atoms with Gasteiger partial charge in [-0.2, -0.15) is 0 Å². The molecule has 1 heterocycles. The van der Waals surface area contributed by atoms with Crippen LogP contribution in [0.25, 0.3) is 0 Å². The van der Waals surface area contributed by atoms with Gasteiger partial charge in [0.15, 0.2) is 6.67 Å². The van der Waals surface area contributed by atoms with Crippen LogP contribution < -0.4 is 10.2 Å². The number of rotatable bonds is 7. The molecule has 146 valence electrons. The highest BCUT2D eigenvalue weighted by atomic mass is 19.1. The van der Waals surface area contributed by atoms with Crippen molar-refractivity contribution in [3.63, 3.8) is 0 Å². The lowest BCUT2D eigenvalue weighted by atomic mass is 9.87. The molecule has 2 N–H and O–H groups in total. The first kappa shape index (κ1) is 18.6. The number of nitrogens with zero attached hydrogens (tertiary/aromatic N) is 1. The Balaban J connectivity index is 1.55. The molecule has 6 heteroatoms. The van der Waals surface area contributed by atoms with Crippen molar-refractivity contribution in [1.29, 1.82) is 0 Å². The molecule has 1 aliphatic heterocycles. The maximum Gasteiger partial charge on any atom is 0.329 e. The zero-order valence-corrected chi connectivity index (χ0v) is 16.0. The van der Waals surface area contributed by atoms with Crippen molar-refractivity contribution < 1.29 is 18.9 Å². The molecule has 5 nitrogen and oxygen atoms in total. The summed E-state index contributed by atoms with van der Waals surface area (Å²) in [5.74, 6) is -0.454. The quantitative estimate of drug-likeness (QED) is 0.722. The van der Waals surface area contributed by atoms with Gasteiger partial charge < -0.3 is 10.2 Å². The smallest absolute Gasteiger partial charge is 0.319 e. The van der Waals surface area contributed by atoms with Gasteiger partial charge in [-0.1, -0.05) is 49.4 Å². The number of hydrogen-bond acceptors (Lipinski definition) is 2. The lowest BCUT2D eigenvalue weighted by Gasteiger charge is -2.27. The minimum atomic E-state index is -0.997. The molecule has 1 saturated heterocycles. The third-order valence-electron chi connectivity index (χ3n) is 5.83. The van der Waals surface area contributed by atoms with Crippen LogP contribution in [0.15, 0.2) is 54.6 Å². The summed E-state index contributed by atoms with van der Waals surface area (Å²) in [5, 5.41) is 2.94. The van der Waals surface area contributed by atoms with Crippen LogP contribution in [0.2, 0.25) is 0 Å². The van der Waals surface area contributed by atoms with Crippen molar-refractivity contribution in [2.24, 2.45) is 0 Å². The van der Waals surface area contributed by atoms with Gasteiger partial charge >= 0.3 is 6.03 Å². The van der Waals surface area contributed by atoms with E-state index in [2.05, 4.69) is 5.32 Å². The average Bonchev–Trinajstić information content (AvgIpc) is 3.53. The number of imide groups is 1. The molecule has 0 bridgehead atoms. The fourth-order valence-corrected chi connectivity index (χ4v) is 4.02. The zero-order chi connectivity index (χ0) is 19.7. The van der Waals surface area contributed by atoms with E-state index in [1.165, 1.54) is 17.0 Å². The minimum absolute atomic E-state index is 0.191. The molecule has 2 fully saturated rings. The Morgan fingerprint density at radius 3 is 2.39 bits per heavy atom. The van der Waals surface area contributed by atoms with Gasteiger partial charge in [-0.3, -0.25) is 4.79 Å². The predicted octanol–water partition coefficient (Wildman–Crippen LogP) is 2.19. The van der Waals surface area contributed by atoms with Crippen molar-refractivity contribution in [1.82, 2.24) is 10.2 Å². The maximum atomic E-state index is 13.3. The number of urea groups is 1. The number of nitrogens with one attached hydrogen (secondary N) is 2. The van der Waals surface area contributed by atoms with E-state index < -0.39 is 5.54 Å². The van der Waals surface area contributed by atoms with Crippen LogP contribution in [0.4, 0.5) is 9.18 Å². The number of carbonyl (C=O) groups excluding carboxylic acids is 2. The second-order valence-corrected chi connectivity index (χ2v) is 7.68. The van der Waals surface area contributed by atoms with Crippen molar-refractivity contribution in [2.75, 3.05) is 6.67 Å². The van der Waals surface area contributed by atoms with Gasteiger partial charge in [-0.25, -0.2) is 14.1 Å². The normalized spacial score (nSPS) is 23.0. The summed E-state index contributed by atoms with van der Waals surface area (Å²) in [7, 11) is 0. The van der Waals surface area contributed by atoms with Crippen LogP contribution in [-0.4, -0.2) is 29.5 Å². The van der Waals surface area contributed by atoms with E-state index in [1.807, 2.05) is 37.3 Å². The Morgan fingerprint density at radius 2 is 1.79 bits per heavy atom. The average molecular weight is 382 g/mol. The van der Waals surface area contributed by atoms with Crippen molar-refractivity contribution in [3.8, 4) is 0 Å². The number of carbonyl (C=O) groups is 2. The number of quaternary nitrogens is 1. The fourth-order valence-electron chi connectivity index (χ4n) is 4.02. The number of benzene rings is 2. The molecular weight excluding hydrogens is 357 g/mol. The van der Waals surface area contributed by atoms with Gasteiger partial charge in [0.05, 0.1) is 6.04 Å². The summed E-state index contributed by atoms with van der Waals surface area (Å²) in [6, 6.07) is 15.9. The van der Waals surface area contributed by atoms with Gasteiger partial charge in [0.25, 0.3) is 5.91 Å². The number of hydrogen-bond donors (Lipinski definition) is 2. The summed E-state index contributed by atoms with van der Waals surface area (Å²) in [5.41, 5.74) is 0.813. The topological polar surface area (TPSA) is 53.9 Å². The third kappa shape index (κ3) is 3.40. The van der Waals surface area contributed by atoms with E-state index in [0.717, 1.165) is 28.9 Å². The summed E-state index contributed by atoms with van der Waals surface area (Å²) in [6.45, 7) is 2.90. The highest BCUT2D eigenvalue weighted by Crippen LogP contribution is 2.32.